The molecule has 1 heterocycles. The minimum atomic E-state index is -4.50. The van der Waals surface area contributed by atoms with Gasteiger partial charge in [0.2, 0.25) is 5.91 Å². The molecule has 2 aromatic rings. The first-order valence-corrected chi connectivity index (χ1v) is 9.17. The number of alkyl halides is 3. The second kappa shape index (κ2) is 8.52. The molecule has 2 amide bonds. The van der Waals surface area contributed by atoms with Crippen LogP contribution in [0, 0.1) is 16.0 Å². The number of amides is 2. The quantitative estimate of drug-likeness (QED) is 0.594. The number of benzene rings is 2. The number of nitro benzene ring substituents is 1. The maximum Gasteiger partial charge on any atom is 0.416 e. The van der Waals surface area contributed by atoms with Crippen LogP contribution in [-0.2, 0) is 11.0 Å². The van der Waals surface area contributed by atoms with E-state index in [0.717, 1.165) is 12.1 Å². The first-order valence-electron chi connectivity index (χ1n) is 9.17. The predicted octanol–water partition coefficient (Wildman–Crippen LogP) is 4.10. The molecule has 0 unspecified atom stereocenters. The molecule has 0 bridgehead atoms. The minimum absolute atomic E-state index is 0.0687. The first kappa shape index (κ1) is 21.3. The number of non-ortho nitro benzene ring substituents is 1. The Kier molecular flexibility index (Phi) is 6.04. The van der Waals surface area contributed by atoms with Crippen LogP contribution < -0.4 is 5.32 Å². The molecule has 1 saturated heterocycles. The van der Waals surface area contributed by atoms with Gasteiger partial charge < -0.3 is 10.2 Å². The number of carbonyl (C=O) groups is 2. The second-order valence-electron chi connectivity index (χ2n) is 6.94. The van der Waals surface area contributed by atoms with Gasteiger partial charge in [-0.05, 0) is 43.2 Å². The van der Waals surface area contributed by atoms with Crippen molar-refractivity contribution in [2.45, 2.75) is 19.0 Å². The number of carbonyl (C=O) groups excluding carboxylic acids is 2. The second-order valence-corrected chi connectivity index (χ2v) is 6.94. The number of nitrogens with one attached hydrogen (secondary N) is 1. The highest BCUT2D eigenvalue weighted by molar-refractivity contribution is 5.95. The molecule has 0 radical (unpaired) electrons. The fourth-order valence-corrected chi connectivity index (χ4v) is 3.27. The van der Waals surface area contributed by atoms with Gasteiger partial charge in [-0.15, -0.1) is 0 Å². The largest absolute Gasteiger partial charge is 0.416 e. The van der Waals surface area contributed by atoms with Gasteiger partial charge in [-0.2, -0.15) is 13.2 Å². The summed E-state index contributed by atoms with van der Waals surface area (Å²) in [6, 6.07) is 9.69. The Morgan fingerprint density at radius 2 is 1.70 bits per heavy atom. The fraction of sp³-hybridized carbons (Fsp3) is 0.300. The number of nitro groups is 1. The smallest absolute Gasteiger partial charge is 0.339 e. The summed E-state index contributed by atoms with van der Waals surface area (Å²) in [6.07, 6.45) is -3.77. The van der Waals surface area contributed by atoms with E-state index in [4.69, 9.17) is 0 Å². The third kappa shape index (κ3) is 4.94. The number of piperidine rings is 1. The zero-order valence-electron chi connectivity index (χ0n) is 15.7. The van der Waals surface area contributed by atoms with E-state index in [1.165, 1.54) is 36.4 Å². The standard InChI is InChI=1S/C20H18F3N3O4/c21-20(22,23)15-2-1-3-16(12-15)24-18(27)13-8-10-25(11-9-13)19(28)14-4-6-17(7-5-14)26(29)30/h1-7,12-13H,8-11H2,(H,24,27). The minimum Gasteiger partial charge on any atom is -0.339 e. The summed E-state index contributed by atoms with van der Waals surface area (Å²) in [4.78, 5) is 36.6. The van der Waals surface area contributed by atoms with Crippen LogP contribution in [0.1, 0.15) is 28.8 Å². The molecule has 1 N–H and O–H groups in total. The third-order valence-corrected chi connectivity index (χ3v) is 4.94. The predicted molar refractivity (Wildman–Crippen MR) is 102 cm³/mol. The summed E-state index contributed by atoms with van der Waals surface area (Å²) >= 11 is 0. The van der Waals surface area contributed by atoms with Gasteiger partial charge in [-0.3, -0.25) is 19.7 Å². The molecule has 3 rings (SSSR count). The number of rotatable bonds is 4. The summed E-state index contributed by atoms with van der Waals surface area (Å²) in [5, 5.41) is 13.2. The van der Waals surface area contributed by atoms with Crippen LogP contribution in [0.5, 0.6) is 0 Å². The molecule has 0 atom stereocenters. The van der Waals surface area contributed by atoms with Crippen molar-refractivity contribution in [1.82, 2.24) is 4.90 Å². The van der Waals surface area contributed by atoms with Gasteiger partial charge in [0.05, 0.1) is 10.5 Å². The average molecular weight is 421 g/mol. The first-order chi connectivity index (χ1) is 14.1. The van der Waals surface area contributed by atoms with Crippen LogP contribution in [0.3, 0.4) is 0 Å². The maximum atomic E-state index is 12.8. The van der Waals surface area contributed by atoms with Gasteiger partial charge in [0.15, 0.2) is 0 Å². The Hall–Kier alpha value is -3.43. The molecule has 30 heavy (non-hydrogen) atoms. The van der Waals surface area contributed by atoms with Crippen LogP contribution >= 0.6 is 0 Å². The van der Waals surface area contributed by atoms with E-state index < -0.39 is 28.5 Å². The summed E-state index contributed by atoms with van der Waals surface area (Å²) in [7, 11) is 0. The molecule has 10 heteroatoms. The van der Waals surface area contributed by atoms with Crippen molar-refractivity contribution in [2.75, 3.05) is 18.4 Å². The van der Waals surface area contributed by atoms with Gasteiger partial charge in [0.25, 0.3) is 11.6 Å². The highest BCUT2D eigenvalue weighted by Gasteiger charge is 2.31. The summed E-state index contributed by atoms with van der Waals surface area (Å²) in [5.74, 6) is -1.11. The maximum absolute atomic E-state index is 12.8. The van der Waals surface area contributed by atoms with Crippen molar-refractivity contribution in [3.05, 3.63) is 69.8 Å². The highest BCUT2D eigenvalue weighted by atomic mass is 19.4. The molecule has 0 aromatic heterocycles. The van der Waals surface area contributed by atoms with E-state index in [0.29, 0.717) is 31.5 Å². The molecule has 1 aliphatic rings. The molecule has 1 aliphatic heterocycles. The SMILES string of the molecule is O=C(Nc1cccc(C(F)(F)F)c1)C1CCN(C(=O)c2ccc([N+](=O)[O-])cc2)CC1. The molecule has 0 spiro atoms. The lowest BCUT2D eigenvalue weighted by molar-refractivity contribution is -0.384. The number of halogens is 3. The number of hydrogen-bond donors (Lipinski definition) is 1. The fourth-order valence-electron chi connectivity index (χ4n) is 3.27. The summed E-state index contributed by atoms with van der Waals surface area (Å²) in [5.41, 5.74) is -0.577. The van der Waals surface area contributed by atoms with Gasteiger partial charge in [0, 0.05) is 42.4 Å². The summed E-state index contributed by atoms with van der Waals surface area (Å²) in [6.45, 7) is 0.604. The van der Waals surface area contributed by atoms with Crippen molar-refractivity contribution >= 4 is 23.2 Å². The Morgan fingerprint density at radius 1 is 1.07 bits per heavy atom. The number of anilines is 1. The van der Waals surface area contributed by atoms with Crippen molar-refractivity contribution < 1.29 is 27.7 Å². The van der Waals surface area contributed by atoms with Crippen LogP contribution in [0.2, 0.25) is 0 Å². The zero-order valence-corrected chi connectivity index (χ0v) is 15.7. The van der Waals surface area contributed by atoms with E-state index in [-0.39, 0.29) is 17.3 Å². The Labute approximate surface area is 169 Å². The molecule has 0 saturated carbocycles. The summed E-state index contributed by atoms with van der Waals surface area (Å²) < 4.78 is 38.4. The van der Waals surface area contributed by atoms with Crippen molar-refractivity contribution in [3.63, 3.8) is 0 Å². The highest BCUT2D eigenvalue weighted by Crippen LogP contribution is 2.31. The van der Waals surface area contributed by atoms with E-state index >= 15 is 0 Å². The molecule has 2 aromatic carbocycles. The van der Waals surface area contributed by atoms with Crippen molar-refractivity contribution in [3.8, 4) is 0 Å². The Balaban J connectivity index is 1.56. The van der Waals surface area contributed by atoms with Crippen molar-refractivity contribution in [1.29, 1.82) is 0 Å². The molecule has 158 valence electrons. The number of likely N-dealkylation sites (tertiary alicyclic amines) is 1. The van der Waals surface area contributed by atoms with Crippen LogP contribution in [0.15, 0.2) is 48.5 Å². The number of hydrogen-bond acceptors (Lipinski definition) is 4. The Bertz CT molecular complexity index is 953. The lowest BCUT2D eigenvalue weighted by Gasteiger charge is -2.31. The van der Waals surface area contributed by atoms with E-state index in [2.05, 4.69) is 5.32 Å². The molecule has 0 aliphatic carbocycles. The van der Waals surface area contributed by atoms with Gasteiger partial charge in [-0.25, -0.2) is 0 Å². The van der Waals surface area contributed by atoms with E-state index in [9.17, 15) is 32.9 Å². The van der Waals surface area contributed by atoms with Gasteiger partial charge >= 0.3 is 6.18 Å². The normalized spacial score (nSPS) is 15.0. The third-order valence-electron chi connectivity index (χ3n) is 4.94. The average Bonchev–Trinajstić information content (AvgIpc) is 2.73. The zero-order chi connectivity index (χ0) is 21.9. The molecular formula is C20H18F3N3O4. The Morgan fingerprint density at radius 3 is 2.27 bits per heavy atom. The topological polar surface area (TPSA) is 92.6 Å². The lowest BCUT2D eigenvalue weighted by atomic mass is 9.95. The van der Waals surface area contributed by atoms with Gasteiger partial charge in [-0.1, -0.05) is 6.07 Å². The molecule has 1 fully saturated rings. The molecule has 7 nitrogen and oxygen atoms in total. The van der Waals surface area contributed by atoms with Crippen LogP contribution in [-0.4, -0.2) is 34.7 Å². The van der Waals surface area contributed by atoms with E-state index in [1.54, 1.807) is 4.90 Å². The van der Waals surface area contributed by atoms with Gasteiger partial charge in [0.1, 0.15) is 0 Å². The molecular weight excluding hydrogens is 403 g/mol. The van der Waals surface area contributed by atoms with Crippen LogP contribution in [0.25, 0.3) is 0 Å². The monoisotopic (exact) mass is 421 g/mol. The number of nitrogens with zero attached hydrogens (tertiary/aromatic N) is 2. The van der Waals surface area contributed by atoms with Crippen LogP contribution in [0.4, 0.5) is 24.5 Å². The van der Waals surface area contributed by atoms with E-state index in [1.807, 2.05) is 0 Å². The van der Waals surface area contributed by atoms with Crippen molar-refractivity contribution in [2.24, 2.45) is 5.92 Å². The lowest BCUT2D eigenvalue weighted by Crippen LogP contribution is -2.41.